The summed E-state index contributed by atoms with van der Waals surface area (Å²) in [4.78, 5) is 8.91. The minimum absolute atomic E-state index is 0.239. The normalized spacial score (nSPS) is 18.5. The maximum atomic E-state index is 10.3. The predicted molar refractivity (Wildman–Crippen MR) is 110 cm³/mol. The van der Waals surface area contributed by atoms with Crippen molar-refractivity contribution in [3.05, 3.63) is 53.6 Å². The fourth-order valence-corrected chi connectivity index (χ4v) is 3.74. The Morgan fingerprint density at radius 1 is 1.32 bits per heavy atom. The Labute approximate surface area is 169 Å². The molecule has 1 N–H and O–H groups in total. The smallest absolute Gasteiger partial charge is 0.298 e. The average Bonchev–Trinajstić information content (AvgIpc) is 3.33. The molecular formula is C21H24ClN3O3. The quantitative estimate of drug-likeness (QED) is 0.654. The van der Waals surface area contributed by atoms with Crippen molar-refractivity contribution in [3.63, 3.8) is 0 Å². The van der Waals surface area contributed by atoms with Gasteiger partial charge in [0, 0.05) is 37.7 Å². The molecule has 4 rings (SSSR count). The lowest BCUT2D eigenvalue weighted by atomic mass is 10.2. The van der Waals surface area contributed by atoms with Crippen LogP contribution in [0.25, 0.3) is 11.1 Å². The number of β-amino-alcohol motifs (C(OH)–C–C–N with tert-alkyl or cyclic N) is 1. The summed E-state index contributed by atoms with van der Waals surface area (Å²) in [5.41, 5.74) is 1.67. The van der Waals surface area contributed by atoms with Crippen LogP contribution in [0.3, 0.4) is 0 Å². The molecule has 0 spiro atoms. The van der Waals surface area contributed by atoms with Crippen LogP contribution >= 0.6 is 11.6 Å². The van der Waals surface area contributed by atoms with E-state index in [2.05, 4.69) is 14.8 Å². The van der Waals surface area contributed by atoms with Gasteiger partial charge in [-0.2, -0.15) is 4.98 Å². The largest absolute Gasteiger partial charge is 0.491 e. The van der Waals surface area contributed by atoms with Crippen LogP contribution in [-0.2, 0) is 0 Å². The van der Waals surface area contributed by atoms with Crippen LogP contribution in [0.15, 0.2) is 52.9 Å². The van der Waals surface area contributed by atoms with Gasteiger partial charge in [0.25, 0.3) is 6.01 Å². The molecule has 2 unspecified atom stereocenters. The second-order valence-corrected chi connectivity index (χ2v) is 7.64. The summed E-state index contributed by atoms with van der Waals surface area (Å²) in [7, 11) is 2.01. The summed E-state index contributed by atoms with van der Waals surface area (Å²) < 4.78 is 11.5. The number of anilines is 1. The molecule has 6 nitrogen and oxygen atoms in total. The van der Waals surface area contributed by atoms with Crippen LogP contribution < -0.4 is 9.64 Å². The van der Waals surface area contributed by atoms with E-state index in [1.807, 2.05) is 43.4 Å². The Morgan fingerprint density at radius 3 is 3.00 bits per heavy atom. The zero-order valence-electron chi connectivity index (χ0n) is 15.8. The van der Waals surface area contributed by atoms with E-state index in [1.54, 1.807) is 12.1 Å². The molecule has 1 aromatic heterocycles. The van der Waals surface area contributed by atoms with Crippen LogP contribution in [0, 0.1) is 0 Å². The van der Waals surface area contributed by atoms with E-state index in [4.69, 9.17) is 20.8 Å². The maximum absolute atomic E-state index is 10.3. The number of aliphatic hydroxyl groups is 1. The molecule has 0 radical (unpaired) electrons. The number of ether oxygens (including phenoxy) is 1. The lowest BCUT2D eigenvalue weighted by Gasteiger charge is -2.24. The third kappa shape index (κ3) is 4.41. The van der Waals surface area contributed by atoms with Gasteiger partial charge >= 0.3 is 0 Å². The van der Waals surface area contributed by atoms with Gasteiger partial charge in [0.1, 0.15) is 24.0 Å². The van der Waals surface area contributed by atoms with Crippen molar-refractivity contribution < 1.29 is 14.3 Å². The van der Waals surface area contributed by atoms with E-state index in [0.717, 1.165) is 30.6 Å². The highest BCUT2D eigenvalue weighted by Gasteiger charge is 2.29. The summed E-state index contributed by atoms with van der Waals surface area (Å²) >= 11 is 5.95. The van der Waals surface area contributed by atoms with Gasteiger partial charge in [0.15, 0.2) is 5.58 Å². The Hall–Kier alpha value is -2.28. The van der Waals surface area contributed by atoms with Crippen LogP contribution in [0.2, 0.25) is 5.02 Å². The first-order valence-electron chi connectivity index (χ1n) is 9.45. The number of likely N-dealkylation sites (N-methyl/N-ethyl adjacent to an activating group) is 1. The Balaban J connectivity index is 1.28. The number of hydrogen-bond donors (Lipinski definition) is 1. The molecular weight excluding hydrogens is 378 g/mol. The van der Waals surface area contributed by atoms with Gasteiger partial charge in [-0.25, -0.2) is 0 Å². The summed E-state index contributed by atoms with van der Waals surface area (Å²) in [5, 5.41) is 11.0. The number of rotatable bonds is 7. The molecule has 2 heterocycles. The van der Waals surface area contributed by atoms with E-state index in [1.165, 1.54) is 0 Å². The molecule has 3 aromatic rings. The van der Waals surface area contributed by atoms with Gasteiger partial charge in [-0.3, -0.25) is 4.90 Å². The molecule has 1 aliphatic rings. The summed E-state index contributed by atoms with van der Waals surface area (Å²) in [6, 6.07) is 15.9. The second-order valence-electron chi connectivity index (χ2n) is 7.20. The Morgan fingerprint density at radius 2 is 2.18 bits per heavy atom. The van der Waals surface area contributed by atoms with Crippen molar-refractivity contribution in [1.82, 2.24) is 9.88 Å². The number of likely N-dealkylation sites (tertiary alicyclic amines) is 1. The van der Waals surface area contributed by atoms with Crippen molar-refractivity contribution in [2.45, 2.75) is 18.6 Å². The Bertz CT molecular complexity index is 899. The van der Waals surface area contributed by atoms with Gasteiger partial charge in [-0.1, -0.05) is 29.8 Å². The molecule has 0 saturated carbocycles. The van der Waals surface area contributed by atoms with Crippen molar-refractivity contribution >= 4 is 28.7 Å². The van der Waals surface area contributed by atoms with E-state index in [9.17, 15) is 5.11 Å². The monoisotopic (exact) mass is 401 g/mol. The molecule has 2 aromatic carbocycles. The van der Waals surface area contributed by atoms with Crippen LogP contribution in [-0.4, -0.2) is 60.4 Å². The topological polar surface area (TPSA) is 62.0 Å². The number of fused-ring (bicyclic) bond motifs is 1. The lowest BCUT2D eigenvalue weighted by molar-refractivity contribution is 0.0754. The number of hydrogen-bond acceptors (Lipinski definition) is 6. The maximum Gasteiger partial charge on any atom is 0.298 e. The molecule has 28 heavy (non-hydrogen) atoms. The summed E-state index contributed by atoms with van der Waals surface area (Å²) in [5.74, 6) is 0.668. The molecule has 1 saturated heterocycles. The highest BCUT2D eigenvalue weighted by atomic mass is 35.5. The number of aliphatic hydroxyl groups excluding tert-OH is 1. The first kappa shape index (κ1) is 19.1. The van der Waals surface area contributed by atoms with Crippen LogP contribution in [0.1, 0.15) is 6.42 Å². The highest BCUT2D eigenvalue weighted by molar-refractivity contribution is 6.30. The van der Waals surface area contributed by atoms with Gasteiger partial charge < -0.3 is 19.2 Å². The number of para-hydroxylation sites is 2. The molecule has 148 valence electrons. The van der Waals surface area contributed by atoms with Gasteiger partial charge in [0.05, 0.1) is 0 Å². The van der Waals surface area contributed by atoms with Gasteiger partial charge in [-0.15, -0.1) is 0 Å². The van der Waals surface area contributed by atoms with E-state index in [0.29, 0.717) is 29.4 Å². The van der Waals surface area contributed by atoms with Gasteiger partial charge in [-0.05, 0) is 36.8 Å². The van der Waals surface area contributed by atoms with E-state index in [-0.39, 0.29) is 6.61 Å². The minimum Gasteiger partial charge on any atom is -0.491 e. The molecule has 1 aliphatic heterocycles. The summed E-state index contributed by atoms with van der Waals surface area (Å²) in [6.45, 7) is 2.58. The molecule has 0 bridgehead atoms. The molecule has 2 atom stereocenters. The minimum atomic E-state index is -0.563. The van der Waals surface area contributed by atoms with E-state index >= 15 is 0 Å². The zero-order valence-corrected chi connectivity index (χ0v) is 16.5. The number of halogens is 1. The molecule has 0 aliphatic carbocycles. The average molecular weight is 402 g/mol. The van der Waals surface area contributed by atoms with Crippen molar-refractivity contribution in [1.29, 1.82) is 0 Å². The third-order valence-corrected chi connectivity index (χ3v) is 5.32. The number of nitrogens with zero attached hydrogens (tertiary/aromatic N) is 3. The van der Waals surface area contributed by atoms with Crippen molar-refractivity contribution in [2.75, 3.05) is 38.2 Å². The first-order chi connectivity index (χ1) is 13.6. The van der Waals surface area contributed by atoms with E-state index < -0.39 is 6.10 Å². The van der Waals surface area contributed by atoms with Crippen LogP contribution in [0.5, 0.6) is 5.75 Å². The Kier molecular flexibility index (Phi) is 5.71. The van der Waals surface area contributed by atoms with Crippen LogP contribution in [0.4, 0.5) is 6.01 Å². The fourth-order valence-electron chi connectivity index (χ4n) is 3.56. The first-order valence-corrected chi connectivity index (χ1v) is 9.83. The molecule has 1 fully saturated rings. The fraction of sp³-hybridized carbons (Fsp3) is 0.381. The lowest BCUT2D eigenvalue weighted by Crippen LogP contribution is -2.38. The zero-order chi connectivity index (χ0) is 19.5. The number of aromatic nitrogens is 1. The highest BCUT2D eigenvalue weighted by Crippen LogP contribution is 2.25. The summed E-state index contributed by atoms with van der Waals surface area (Å²) in [6.07, 6.45) is 0.434. The molecule has 7 heteroatoms. The molecule has 0 amide bonds. The van der Waals surface area contributed by atoms with Crippen molar-refractivity contribution in [2.24, 2.45) is 0 Å². The standard InChI is InChI=1S/C21H24ClN3O3/c1-24(21-23-19-7-2-3-8-20(19)28-21)16-9-10-25(12-16)13-17(26)14-27-18-6-4-5-15(22)11-18/h2-8,11,16-17,26H,9-10,12-14H2,1H3. The number of benzene rings is 2. The SMILES string of the molecule is CN(c1nc2ccccc2o1)C1CCN(CC(O)COc2cccc(Cl)c2)C1. The third-order valence-electron chi connectivity index (χ3n) is 5.09. The predicted octanol–water partition coefficient (Wildman–Crippen LogP) is 3.43. The van der Waals surface area contributed by atoms with Crippen molar-refractivity contribution in [3.8, 4) is 5.75 Å². The second kappa shape index (κ2) is 8.39. The van der Waals surface area contributed by atoms with Gasteiger partial charge in [0.2, 0.25) is 0 Å². The number of oxazole rings is 1.